The number of nitrogens with one attached hydrogen (secondary N) is 1. The largest absolute Gasteiger partial charge is 0.441 e. The summed E-state index contributed by atoms with van der Waals surface area (Å²) in [5.41, 5.74) is 0.906. The third kappa shape index (κ3) is 3.46. The fraction of sp³-hybridized carbons (Fsp3) is 0.429. The lowest BCUT2D eigenvalue weighted by Crippen LogP contribution is -2.46. The maximum Gasteiger partial charge on any atom is 0.227 e. The number of aliphatic hydroxyl groups is 1. The summed E-state index contributed by atoms with van der Waals surface area (Å²) in [5.74, 6) is 0.994. The van der Waals surface area contributed by atoms with Gasteiger partial charge in [0.2, 0.25) is 11.8 Å². The van der Waals surface area contributed by atoms with Gasteiger partial charge in [-0.25, -0.2) is 4.98 Å². The van der Waals surface area contributed by atoms with Gasteiger partial charge in [0, 0.05) is 10.9 Å². The number of aryl methyl sites for hydroxylation is 1. The van der Waals surface area contributed by atoms with Crippen molar-refractivity contribution in [3.63, 3.8) is 0 Å². The minimum absolute atomic E-state index is 0.114. The number of hydrogen-bond donors (Lipinski definition) is 2. The number of nitrogens with zero attached hydrogens (tertiary/aromatic N) is 1. The SMILES string of the molecule is Cc1oc(-c2ccsc2)nc1CC(=O)NC(C)(C)CO. The van der Waals surface area contributed by atoms with Crippen LogP contribution in [0.2, 0.25) is 0 Å². The third-order valence-corrected chi connectivity index (χ3v) is 3.55. The molecule has 0 aliphatic carbocycles. The van der Waals surface area contributed by atoms with Crippen molar-refractivity contribution >= 4 is 17.2 Å². The molecule has 0 saturated carbocycles. The van der Waals surface area contributed by atoms with Crippen LogP contribution < -0.4 is 5.32 Å². The zero-order valence-electron chi connectivity index (χ0n) is 11.8. The standard InChI is InChI=1S/C14H18N2O3S/c1-9-11(6-12(18)16-14(2,3)8-17)15-13(19-9)10-4-5-20-7-10/h4-5,7,17H,6,8H2,1-3H3,(H,16,18). The van der Waals surface area contributed by atoms with Crippen molar-refractivity contribution < 1.29 is 14.3 Å². The minimum atomic E-state index is -0.634. The molecule has 0 aromatic carbocycles. The second-order valence-electron chi connectivity index (χ2n) is 5.30. The number of aliphatic hydroxyl groups excluding tert-OH is 1. The van der Waals surface area contributed by atoms with Gasteiger partial charge in [0.05, 0.1) is 24.3 Å². The van der Waals surface area contributed by atoms with Gasteiger partial charge in [0.15, 0.2) is 0 Å². The molecule has 0 bridgehead atoms. The Kier molecular flexibility index (Phi) is 4.25. The Hall–Kier alpha value is -1.66. The molecule has 2 heterocycles. The molecule has 108 valence electrons. The molecule has 0 aliphatic heterocycles. The summed E-state index contributed by atoms with van der Waals surface area (Å²) in [6.07, 6.45) is 0.142. The summed E-state index contributed by atoms with van der Waals surface area (Å²) in [7, 11) is 0. The summed E-state index contributed by atoms with van der Waals surface area (Å²) in [4.78, 5) is 16.3. The third-order valence-electron chi connectivity index (χ3n) is 2.86. The topological polar surface area (TPSA) is 75.4 Å². The maximum atomic E-state index is 11.9. The van der Waals surface area contributed by atoms with E-state index in [4.69, 9.17) is 9.52 Å². The highest BCUT2D eigenvalue weighted by Crippen LogP contribution is 2.24. The Labute approximate surface area is 121 Å². The lowest BCUT2D eigenvalue weighted by atomic mass is 10.1. The van der Waals surface area contributed by atoms with Gasteiger partial charge < -0.3 is 14.8 Å². The van der Waals surface area contributed by atoms with Crippen molar-refractivity contribution in [2.24, 2.45) is 0 Å². The van der Waals surface area contributed by atoms with Gasteiger partial charge in [-0.05, 0) is 32.2 Å². The molecular weight excluding hydrogens is 276 g/mol. The first kappa shape index (κ1) is 14.7. The fourth-order valence-electron chi connectivity index (χ4n) is 1.71. The molecule has 2 aromatic rings. The fourth-order valence-corrected chi connectivity index (χ4v) is 2.34. The molecule has 5 nitrogen and oxygen atoms in total. The van der Waals surface area contributed by atoms with Crippen molar-refractivity contribution in [1.29, 1.82) is 0 Å². The molecule has 2 aromatic heterocycles. The van der Waals surface area contributed by atoms with Gasteiger partial charge in [-0.1, -0.05) is 0 Å². The van der Waals surface area contributed by atoms with Gasteiger partial charge in [-0.3, -0.25) is 4.79 Å². The number of oxazole rings is 1. The molecule has 0 atom stereocenters. The Morgan fingerprint density at radius 1 is 1.55 bits per heavy atom. The first-order valence-corrected chi connectivity index (χ1v) is 7.26. The van der Waals surface area contributed by atoms with Crippen LogP contribution in [0, 0.1) is 6.92 Å². The number of thiophene rings is 1. The van der Waals surface area contributed by atoms with E-state index in [1.807, 2.05) is 16.8 Å². The predicted molar refractivity (Wildman–Crippen MR) is 77.6 cm³/mol. The summed E-state index contributed by atoms with van der Waals surface area (Å²) in [6.45, 7) is 5.20. The number of hydrogen-bond acceptors (Lipinski definition) is 5. The molecule has 20 heavy (non-hydrogen) atoms. The van der Waals surface area contributed by atoms with Crippen LogP contribution in [0.15, 0.2) is 21.2 Å². The zero-order chi connectivity index (χ0) is 14.8. The second kappa shape index (κ2) is 5.76. The lowest BCUT2D eigenvalue weighted by Gasteiger charge is -2.23. The van der Waals surface area contributed by atoms with E-state index < -0.39 is 5.54 Å². The van der Waals surface area contributed by atoms with Crippen molar-refractivity contribution in [3.8, 4) is 11.5 Å². The van der Waals surface area contributed by atoms with Gasteiger partial charge in [-0.15, -0.1) is 0 Å². The highest BCUT2D eigenvalue weighted by Gasteiger charge is 2.21. The van der Waals surface area contributed by atoms with Crippen molar-refractivity contribution in [1.82, 2.24) is 10.3 Å². The minimum Gasteiger partial charge on any atom is -0.441 e. The van der Waals surface area contributed by atoms with E-state index in [2.05, 4.69) is 10.3 Å². The molecule has 0 radical (unpaired) electrons. The lowest BCUT2D eigenvalue weighted by molar-refractivity contribution is -0.122. The molecular formula is C14H18N2O3S. The molecule has 2 N–H and O–H groups in total. The average molecular weight is 294 g/mol. The van der Waals surface area contributed by atoms with E-state index in [-0.39, 0.29) is 18.9 Å². The van der Waals surface area contributed by atoms with Crippen LogP contribution >= 0.6 is 11.3 Å². The van der Waals surface area contributed by atoms with Crippen LogP contribution in [0.1, 0.15) is 25.3 Å². The molecule has 0 fully saturated rings. The zero-order valence-corrected chi connectivity index (χ0v) is 12.6. The number of amides is 1. The van der Waals surface area contributed by atoms with E-state index >= 15 is 0 Å². The van der Waals surface area contributed by atoms with Gasteiger partial charge in [-0.2, -0.15) is 11.3 Å². The van der Waals surface area contributed by atoms with E-state index in [0.29, 0.717) is 17.3 Å². The Morgan fingerprint density at radius 2 is 2.30 bits per heavy atom. The second-order valence-corrected chi connectivity index (χ2v) is 6.08. The monoisotopic (exact) mass is 294 g/mol. The van der Waals surface area contributed by atoms with E-state index in [1.54, 1.807) is 32.1 Å². The maximum absolute atomic E-state index is 11.9. The number of rotatable bonds is 5. The Morgan fingerprint density at radius 3 is 2.90 bits per heavy atom. The van der Waals surface area contributed by atoms with Gasteiger partial charge in [0.25, 0.3) is 0 Å². The summed E-state index contributed by atoms with van der Waals surface area (Å²) < 4.78 is 5.58. The quantitative estimate of drug-likeness (QED) is 0.886. The Bertz CT molecular complexity index is 588. The van der Waals surface area contributed by atoms with E-state index in [9.17, 15) is 4.79 Å². The van der Waals surface area contributed by atoms with Crippen LogP contribution in [0.5, 0.6) is 0 Å². The van der Waals surface area contributed by atoms with Crippen molar-refractivity contribution in [2.75, 3.05) is 6.61 Å². The molecule has 6 heteroatoms. The molecule has 1 amide bonds. The van der Waals surface area contributed by atoms with Crippen LogP contribution in [0.25, 0.3) is 11.5 Å². The summed E-state index contributed by atoms with van der Waals surface area (Å²) in [6, 6.07) is 1.93. The smallest absolute Gasteiger partial charge is 0.227 e. The highest BCUT2D eigenvalue weighted by atomic mass is 32.1. The number of aromatic nitrogens is 1. The first-order chi connectivity index (χ1) is 9.41. The van der Waals surface area contributed by atoms with Gasteiger partial charge in [0.1, 0.15) is 5.76 Å². The summed E-state index contributed by atoms with van der Waals surface area (Å²) in [5, 5.41) is 15.8. The predicted octanol–water partition coefficient (Wildman–Crippen LogP) is 2.14. The normalized spacial score (nSPS) is 11.6. The van der Waals surface area contributed by atoms with Crippen molar-refractivity contribution in [2.45, 2.75) is 32.7 Å². The van der Waals surface area contributed by atoms with Crippen LogP contribution in [0.4, 0.5) is 0 Å². The van der Waals surface area contributed by atoms with Crippen LogP contribution in [0.3, 0.4) is 0 Å². The van der Waals surface area contributed by atoms with Crippen molar-refractivity contribution in [3.05, 3.63) is 28.3 Å². The van der Waals surface area contributed by atoms with E-state index in [0.717, 1.165) is 5.56 Å². The first-order valence-electron chi connectivity index (χ1n) is 6.32. The summed E-state index contributed by atoms with van der Waals surface area (Å²) >= 11 is 1.57. The number of carbonyl (C=O) groups excluding carboxylic acids is 1. The molecule has 0 spiro atoms. The van der Waals surface area contributed by atoms with Gasteiger partial charge >= 0.3 is 0 Å². The molecule has 0 aliphatic rings. The van der Waals surface area contributed by atoms with E-state index in [1.165, 1.54) is 0 Å². The Balaban J connectivity index is 2.09. The number of carbonyl (C=O) groups is 1. The van der Waals surface area contributed by atoms with Crippen LogP contribution in [-0.2, 0) is 11.2 Å². The molecule has 0 saturated heterocycles. The highest BCUT2D eigenvalue weighted by molar-refractivity contribution is 7.08. The molecule has 2 rings (SSSR count). The average Bonchev–Trinajstić information content (AvgIpc) is 2.99. The van der Waals surface area contributed by atoms with Crippen LogP contribution in [-0.4, -0.2) is 28.1 Å². The molecule has 0 unspecified atom stereocenters.